The Hall–Kier alpha value is -2.74. The van der Waals surface area contributed by atoms with Gasteiger partial charge in [0, 0.05) is 54.7 Å². The Balaban J connectivity index is 2.02. The average molecular weight is 345 g/mol. The van der Waals surface area contributed by atoms with Crippen LogP contribution in [-0.4, -0.2) is 47.0 Å². The topological polar surface area (TPSA) is 106 Å². The Morgan fingerprint density at radius 3 is 2.88 bits per heavy atom. The second-order valence-electron chi connectivity index (χ2n) is 6.11. The van der Waals surface area contributed by atoms with Gasteiger partial charge in [0.05, 0.1) is 17.1 Å². The molecule has 1 aliphatic rings. The van der Waals surface area contributed by atoms with Crippen molar-refractivity contribution in [2.75, 3.05) is 26.3 Å². The van der Waals surface area contributed by atoms with Crippen molar-refractivity contribution in [1.82, 2.24) is 9.88 Å². The zero-order valence-corrected chi connectivity index (χ0v) is 13.9. The number of hydrogen-bond donors (Lipinski definition) is 1. The number of benzene rings is 1. The molecule has 2 heterocycles. The summed E-state index contributed by atoms with van der Waals surface area (Å²) in [5, 5.41) is 11.4. The molecule has 8 nitrogen and oxygen atoms in total. The van der Waals surface area contributed by atoms with Gasteiger partial charge in [-0.05, 0) is 19.4 Å². The van der Waals surface area contributed by atoms with E-state index in [0.717, 1.165) is 6.42 Å². The van der Waals surface area contributed by atoms with Crippen molar-refractivity contribution in [2.45, 2.75) is 13.3 Å². The van der Waals surface area contributed by atoms with Crippen LogP contribution in [-0.2, 0) is 4.74 Å². The molecule has 3 rings (SSSR count). The number of non-ortho nitro benzene ring substituents is 1. The van der Waals surface area contributed by atoms with E-state index in [-0.39, 0.29) is 23.1 Å². The summed E-state index contributed by atoms with van der Waals surface area (Å²) in [6.45, 7) is 4.20. The lowest BCUT2D eigenvalue weighted by Crippen LogP contribution is -2.36. The first-order valence-corrected chi connectivity index (χ1v) is 8.18. The molecule has 0 saturated carbocycles. The van der Waals surface area contributed by atoms with E-state index in [1.54, 1.807) is 4.90 Å². The molecule has 1 aliphatic heterocycles. The van der Waals surface area contributed by atoms with Gasteiger partial charge >= 0.3 is 0 Å². The first-order chi connectivity index (χ1) is 12.0. The number of ether oxygens (including phenoxy) is 1. The van der Waals surface area contributed by atoms with Crippen molar-refractivity contribution >= 4 is 22.5 Å². The molecular weight excluding hydrogens is 326 g/mol. The van der Waals surface area contributed by atoms with Crippen LogP contribution in [0, 0.1) is 16.0 Å². The highest BCUT2D eigenvalue weighted by molar-refractivity contribution is 6.06. The molecule has 1 saturated heterocycles. The highest BCUT2D eigenvalue weighted by Crippen LogP contribution is 2.23. The van der Waals surface area contributed by atoms with Gasteiger partial charge in [0.1, 0.15) is 0 Å². The van der Waals surface area contributed by atoms with Gasteiger partial charge in [0.2, 0.25) is 5.56 Å². The van der Waals surface area contributed by atoms with E-state index >= 15 is 0 Å². The van der Waals surface area contributed by atoms with Crippen LogP contribution < -0.4 is 5.56 Å². The first kappa shape index (κ1) is 17.1. The fourth-order valence-electron chi connectivity index (χ4n) is 3.10. The van der Waals surface area contributed by atoms with Crippen LogP contribution in [0.1, 0.15) is 23.7 Å². The molecule has 1 fully saturated rings. The van der Waals surface area contributed by atoms with Gasteiger partial charge < -0.3 is 14.6 Å². The van der Waals surface area contributed by atoms with E-state index in [1.165, 1.54) is 24.3 Å². The van der Waals surface area contributed by atoms with E-state index in [4.69, 9.17) is 4.74 Å². The van der Waals surface area contributed by atoms with Crippen molar-refractivity contribution in [2.24, 2.45) is 5.92 Å². The summed E-state index contributed by atoms with van der Waals surface area (Å²) in [5.41, 5.74) is 0.0516. The summed E-state index contributed by atoms with van der Waals surface area (Å²) in [5.74, 6) is -0.0301. The smallest absolute Gasteiger partial charge is 0.270 e. The highest BCUT2D eigenvalue weighted by atomic mass is 16.6. The van der Waals surface area contributed by atoms with Gasteiger partial charge in [0.15, 0.2) is 0 Å². The van der Waals surface area contributed by atoms with Crippen LogP contribution in [0.5, 0.6) is 0 Å². The third kappa shape index (κ3) is 3.53. The molecule has 132 valence electrons. The molecule has 25 heavy (non-hydrogen) atoms. The zero-order valence-electron chi connectivity index (χ0n) is 13.9. The highest BCUT2D eigenvalue weighted by Gasteiger charge is 2.24. The van der Waals surface area contributed by atoms with Crippen molar-refractivity contribution in [3.63, 3.8) is 0 Å². The third-order valence-electron chi connectivity index (χ3n) is 4.44. The van der Waals surface area contributed by atoms with Crippen molar-refractivity contribution in [3.05, 3.63) is 50.3 Å². The molecule has 1 N–H and O–H groups in total. The van der Waals surface area contributed by atoms with E-state index in [9.17, 15) is 19.7 Å². The van der Waals surface area contributed by atoms with Crippen molar-refractivity contribution in [3.8, 4) is 0 Å². The number of pyridine rings is 1. The maximum Gasteiger partial charge on any atom is 0.270 e. The average Bonchev–Trinajstić information content (AvgIpc) is 3.11. The maximum atomic E-state index is 13.0. The lowest BCUT2D eigenvalue weighted by Gasteiger charge is -2.24. The van der Waals surface area contributed by atoms with Crippen molar-refractivity contribution < 1.29 is 14.5 Å². The summed E-state index contributed by atoms with van der Waals surface area (Å²) in [4.78, 5) is 39.7. The molecule has 0 radical (unpaired) electrons. The summed E-state index contributed by atoms with van der Waals surface area (Å²) in [7, 11) is 0. The fraction of sp³-hybridized carbons (Fsp3) is 0.412. The molecule has 1 atom stereocenters. The monoisotopic (exact) mass is 345 g/mol. The molecule has 1 aromatic heterocycles. The Labute approximate surface area is 143 Å². The minimum atomic E-state index is -0.522. The largest absolute Gasteiger partial charge is 0.381 e. The second kappa shape index (κ2) is 7.02. The minimum Gasteiger partial charge on any atom is -0.381 e. The number of rotatable bonds is 5. The maximum absolute atomic E-state index is 13.0. The predicted molar refractivity (Wildman–Crippen MR) is 91.7 cm³/mol. The number of fused-ring (bicyclic) bond motifs is 1. The summed E-state index contributed by atoms with van der Waals surface area (Å²) in [6, 6.07) is 5.29. The number of nitro benzene ring substituents is 1. The SMILES string of the molecule is CCN(CC1CCOC1)C(=O)c1cc(=O)[nH]c2ccc([N+](=O)[O-])cc12. The third-order valence-corrected chi connectivity index (χ3v) is 4.44. The number of hydrogen-bond acceptors (Lipinski definition) is 5. The number of carbonyl (C=O) groups is 1. The van der Waals surface area contributed by atoms with E-state index in [2.05, 4.69) is 4.98 Å². The van der Waals surface area contributed by atoms with Gasteiger partial charge in [-0.2, -0.15) is 0 Å². The summed E-state index contributed by atoms with van der Waals surface area (Å²) in [6.07, 6.45) is 0.894. The van der Waals surface area contributed by atoms with Gasteiger partial charge in [-0.25, -0.2) is 0 Å². The fourth-order valence-corrected chi connectivity index (χ4v) is 3.10. The quantitative estimate of drug-likeness (QED) is 0.658. The number of nitro groups is 1. The van der Waals surface area contributed by atoms with Crippen LogP contribution in [0.2, 0.25) is 0 Å². The van der Waals surface area contributed by atoms with Gasteiger partial charge in [-0.1, -0.05) is 0 Å². The normalized spacial score (nSPS) is 16.9. The number of amides is 1. The van der Waals surface area contributed by atoms with Crippen LogP contribution in [0.25, 0.3) is 10.9 Å². The number of aromatic amines is 1. The molecular formula is C17H19N3O5. The minimum absolute atomic E-state index is 0.124. The first-order valence-electron chi connectivity index (χ1n) is 8.18. The van der Waals surface area contributed by atoms with Crippen LogP contribution in [0.4, 0.5) is 5.69 Å². The summed E-state index contributed by atoms with van der Waals surface area (Å²) < 4.78 is 5.35. The second-order valence-corrected chi connectivity index (χ2v) is 6.11. The van der Waals surface area contributed by atoms with Gasteiger partial charge in [-0.15, -0.1) is 0 Å². The van der Waals surface area contributed by atoms with Crippen LogP contribution in [0.15, 0.2) is 29.1 Å². The molecule has 1 unspecified atom stereocenters. The molecule has 0 spiro atoms. The molecule has 1 amide bonds. The van der Waals surface area contributed by atoms with E-state index < -0.39 is 10.5 Å². The Kier molecular flexibility index (Phi) is 4.80. The lowest BCUT2D eigenvalue weighted by atomic mass is 10.0. The number of nitrogens with one attached hydrogen (secondary N) is 1. The van der Waals surface area contributed by atoms with Crippen molar-refractivity contribution in [1.29, 1.82) is 0 Å². The number of aromatic nitrogens is 1. The molecule has 8 heteroatoms. The zero-order chi connectivity index (χ0) is 18.0. The number of carbonyl (C=O) groups excluding carboxylic acids is 1. The van der Waals surface area contributed by atoms with E-state index in [0.29, 0.717) is 37.2 Å². The van der Waals surface area contributed by atoms with Gasteiger partial charge in [-0.3, -0.25) is 19.7 Å². The molecule has 0 aliphatic carbocycles. The van der Waals surface area contributed by atoms with Crippen LogP contribution in [0.3, 0.4) is 0 Å². The standard InChI is InChI=1S/C17H19N3O5/c1-2-19(9-11-5-6-25-10-11)17(22)14-8-16(21)18-15-4-3-12(20(23)24)7-13(14)15/h3-4,7-8,11H,2,5-6,9-10H2,1H3,(H,18,21). The Morgan fingerprint density at radius 2 is 2.24 bits per heavy atom. The number of H-pyrrole nitrogens is 1. The molecule has 2 aromatic rings. The van der Waals surface area contributed by atoms with Gasteiger partial charge in [0.25, 0.3) is 11.6 Å². The Bertz CT molecular complexity index is 870. The molecule has 1 aromatic carbocycles. The predicted octanol–water partition coefficient (Wildman–Crippen LogP) is 1.93. The number of nitrogens with zero attached hydrogens (tertiary/aromatic N) is 2. The molecule has 0 bridgehead atoms. The Morgan fingerprint density at radius 1 is 1.44 bits per heavy atom. The van der Waals surface area contributed by atoms with E-state index in [1.807, 2.05) is 6.92 Å². The summed E-state index contributed by atoms with van der Waals surface area (Å²) >= 11 is 0. The van der Waals surface area contributed by atoms with Crippen LogP contribution >= 0.6 is 0 Å². The lowest BCUT2D eigenvalue weighted by molar-refractivity contribution is -0.384.